The van der Waals surface area contributed by atoms with E-state index < -0.39 is 24.3 Å². The van der Waals surface area contributed by atoms with Crippen LogP contribution in [0.4, 0.5) is 0 Å². The number of rotatable bonds is 5. The number of hydrogen-bond donors (Lipinski definition) is 1. The van der Waals surface area contributed by atoms with Crippen LogP contribution < -0.4 is 0 Å². The van der Waals surface area contributed by atoms with Crippen LogP contribution in [-0.4, -0.2) is 23.8 Å². The standard InChI is InChI=1S/C19H20O5/c1-12(2)17(20)23-11-24-18(21)15-9-10-16(19(3,4)22)14-8-6-5-7-13(14)15/h5-10,22H,1,11H2,2-4H3. The van der Waals surface area contributed by atoms with Crippen molar-refractivity contribution < 1.29 is 24.2 Å². The summed E-state index contributed by atoms with van der Waals surface area (Å²) in [4.78, 5) is 23.6. The summed E-state index contributed by atoms with van der Waals surface area (Å²) in [5.41, 5.74) is 0.235. The van der Waals surface area contributed by atoms with Crippen molar-refractivity contribution in [3.05, 3.63) is 59.7 Å². The third-order valence-corrected chi connectivity index (χ3v) is 3.53. The van der Waals surface area contributed by atoms with Gasteiger partial charge in [-0.05, 0) is 43.2 Å². The van der Waals surface area contributed by atoms with Crippen molar-refractivity contribution >= 4 is 22.7 Å². The topological polar surface area (TPSA) is 72.8 Å². The molecule has 0 amide bonds. The number of benzene rings is 2. The monoisotopic (exact) mass is 328 g/mol. The maximum Gasteiger partial charge on any atom is 0.341 e. The largest absolute Gasteiger partial charge is 0.425 e. The Bertz CT molecular complexity index is 799. The van der Waals surface area contributed by atoms with Crippen LogP contribution in [-0.2, 0) is 19.9 Å². The van der Waals surface area contributed by atoms with Gasteiger partial charge in [0, 0.05) is 5.57 Å². The predicted molar refractivity (Wildman–Crippen MR) is 90.4 cm³/mol. The molecule has 0 aliphatic carbocycles. The van der Waals surface area contributed by atoms with Crippen LogP contribution in [0.3, 0.4) is 0 Å². The molecule has 5 nitrogen and oxygen atoms in total. The van der Waals surface area contributed by atoms with Crippen molar-refractivity contribution in [3.63, 3.8) is 0 Å². The summed E-state index contributed by atoms with van der Waals surface area (Å²) in [7, 11) is 0. The van der Waals surface area contributed by atoms with Gasteiger partial charge in [-0.25, -0.2) is 9.59 Å². The highest BCUT2D eigenvalue weighted by atomic mass is 16.7. The summed E-state index contributed by atoms with van der Waals surface area (Å²) in [6.45, 7) is 7.84. The lowest BCUT2D eigenvalue weighted by atomic mass is 9.90. The molecule has 2 rings (SSSR count). The van der Waals surface area contributed by atoms with E-state index in [9.17, 15) is 14.7 Å². The summed E-state index contributed by atoms with van der Waals surface area (Å²) >= 11 is 0. The first-order valence-corrected chi connectivity index (χ1v) is 7.46. The molecule has 0 bridgehead atoms. The van der Waals surface area contributed by atoms with Crippen LogP contribution in [0.15, 0.2) is 48.6 Å². The molecule has 0 aromatic heterocycles. The van der Waals surface area contributed by atoms with Gasteiger partial charge in [0.25, 0.3) is 0 Å². The highest BCUT2D eigenvalue weighted by Gasteiger charge is 2.22. The van der Waals surface area contributed by atoms with Crippen molar-refractivity contribution in [2.24, 2.45) is 0 Å². The van der Waals surface area contributed by atoms with E-state index in [2.05, 4.69) is 6.58 Å². The van der Waals surface area contributed by atoms with Gasteiger partial charge >= 0.3 is 11.9 Å². The second-order valence-electron chi connectivity index (χ2n) is 6.03. The Hall–Kier alpha value is -2.66. The van der Waals surface area contributed by atoms with E-state index in [4.69, 9.17) is 9.47 Å². The highest BCUT2D eigenvalue weighted by molar-refractivity contribution is 6.05. The number of aliphatic hydroxyl groups is 1. The highest BCUT2D eigenvalue weighted by Crippen LogP contribution is 2.30. The Morgan fingerprint density at radius 2 is 1.71 bits per heavy atom. The SMILES string of the molecule is C=C(C)C(=O)OCOC(=O)c1ccc(C(C)(C)O)c2ccccc12. The number of ether oxygens (including phenoxy) is 2. The zero-order valence-corrected chi connectivity index (χ0v) is 14.0. The van der Waals surface area contributed by atoms with Gasteiger partial charge in [0.15, 0.2) is 0 Å². The fourth-order valence-electron chi connectivity index (χ4n) is 2.35. The fraction of sp³-hybridized carbons (Fsp3) is 0.263. The van der Waals surface area contributed by atoms with Gasteiger partial charge < -0.3 is 14.6 Å². The van der Waals surface area contributed by atoms with Crippen LogP contribution >= 0.6 is 0 Å². The Kier molecular flexibility index (Phi) is 5.04. The summed E-state index contributed by atoms with van der Waals surface area (Å²) in [6, 6.07) is 10.5. The molecule has 0 fully saturated rings. The second-order valence-corrected chi connectivity index (χ2v) is 6.03. The number of carbonyl (C=O) groups is 2. The summed E-state index contributed by atoms with van der Waals surface area (Å²) in [5, 5.41) is 11.7. The summed E-state index contributed by atoms with van der Waals surface area (Å²) < 4.78 is 9.76. The van der Waals surface area contributed by atoms with Gasteiger partial charge in [0.1, 0.15) is 0 Å². The lowest BCUT2D eigenvalue weighted by Crippen LogP contribution is -2.17. The fourth-order valence-corrected chi connectivity index (χ4v) is 2.35. The predicted octanol–water partition coefficient (Wildman–Crippen LogP) is 3.30. The molecule has 0 saturated heterocycles. The van der Waals surface area contributed by atoms with Crippen molar-refractivity contribution in [3.8, 4) is 0 Å². The first-order valence-electron chi connectivity index (χ1n) is 7.46. The van der Waals surface area contributed by atoms with Gasteiger partial charge in [-0.3, -0.25) is 0 Å². The first-order chi connectivity index (χ1) is 11.2. The minimum Gasteiger partial charge on any atom is -0.425 e. The van der Waals surface area contributed by atoms with Gasteiger partial charge in [-0.1, -0.05) is 36.9 Å². The van der Waals surface area contributed by atoms with Crippen LogP contribution in [0, 0.1) is 0 Å². The molecule has 2 aromatic carbocycles. The van der Waals surface area contributed by atoms with Crippen LogP contribution in [0.1, 0.15) is 36.7 Å². The lowest BCUT2D eigenvalue weighted by molar-refractivity contribution is -0.147. The third-order valence-electron chi connectivity index (χ3n) is 3.53. The molecule has 24 heavy (non-hydrogen) atoms. The van der Waals surface area contributed by atoms with Crippen molar-refractivity contribution in [2.75, 3.05) is 6.79 Å². The van der Waals surface area contributed by atoms with E-state index in [1.54, 1.807) is 38.1 Å². The third kappa shape index (κ3) is 3.81. The molecule has 0 aliphatic heterocycles. The van der Waals surface area contributed by atoms with Crippen LogP contribution in [0.2, 0.25) is 0 Å². The lowest BCUT2D eigenvalue weighted by Gasteiger charge is -2.21. The van der Waals surface area contributed by atoms with E-state index in [0.717, 1.165) is 5.39 Å². The van der Waals surface area contributed by atoms with Gasteiger partial charge in [-0.2, -0.15) is 0 Å². The number of carbonyl (C=O) groups excluding carboxylic acids is 2. The van der Waals surface area contributed by atoms with E-state index in [0.29, 0.717) is 16.5 Å². The molecule has 0 aliphatic rings. The van der Waals surface area contributed by atoms with E-state index in [1.165, 1.54) is 6.92 Å². The van der Waals surface area contributed by atoms with E-state index in [1.807, 2.05) is 12.1 Å². The quantitative estimate of drug-likeness (QED) is 0.518. The molecule has 126 valence electrons. The van der Waals surface area contributed by atoms with Crippen LogP contribution in [0.25, 0.3) is 10.8 Å². The number of esters is 2. The first kappa shape index (κ1) is 17.7. The molecular weight excluding hydrogens is 308 g/mol. The molecule has 0 heterocycles. The van der Waals surface area contributed by atoms with Crippen molar-refractivity contribution in [1.82, 2.24) is 0 Å². The normalized spacial score (nSPS) is 11.2. The van der Waals surface area contributed by atoms with Crippen LogP contribution in [0.5, 0.6) is 0 Å². The van der Waals surface area contributed by atoms with E-state index >= 15 is 0 Å². The second kappa shape index (κ2) is 6.84. The molecule has 1 N–H and O–H groups in total. The molecule has 0 atom stereocenters. The smallest absolute Gasteiger partial charge is 0.341 e. The van der Waals surface area contributed by atoms with E-state index in [-0.39, 0.29) is 5.57 Å². The molecule has 0 radical (unpaired) electrons. The Morgan fingerprint density at radius 3 is 2.29 bits per heavy atom. The Morgan fingerprint density at radius 1 is 1.08 bits per heavy atom. The minimum atomic E-state index is -1.04. The van der Waals surface area contributed by atoms with Gasteiger partial charge in [0.2, 0.25) is 6.79 Å². The number of hydrogen-bond acceptors (Lipinski definition) is 5. The van der Waals surface area contributed by atoms with Crippen molar-refractivity contribution in [2.45, 2.75) is 26.4 Å². The molecular formula is C19H20O5. The molecule has 5 heteroatoms. The maximum absolute atomic E-state index is 12.3. The van der Waals surface area contributed by atoms with Gasteiger partial charge in [-0.15, -0.1) is 0 Å². The molecule has 0 spiro atoms. The number of fused-ring (bicyclic) bond motifs is 1. The Balaban J connectivity index is 2.28. The van der Waals surface area contributed by atoms with Crippen molar-refractivity contribution in [1.29, 1.82) is 0 Å². The molecule has 0 saturated carbocycles. The zero-order chi connectivity index (χ0) is 17.9. The summed E-state index contributed by atoms with van der Waals surface area (Å²) in [6.07, 6.45) is 0. The average molecular weight is 328 g/mol. The van der Waals surface area contributed by atoms with Gasteiger partial charge in [0.05, 0.1) is 11.2 Å². The average Bonchev–Trinajstić information content (AvgIpc) is 2.52. The molecule has 2 aromatic rings. The maximum atomic E-state index is 12.3. The zero-order valence-electron chi connectivity index (χ0n) is 14.0. The summed E-state index contributed by atoms with van der Waals surface area (Å²) in [5.74, 6) is -1.23. The molecule has 0 unspecified atom stereocenters. The minimum absolute atomic E-state index is 0.228. The Labute approximate surface area is 140 Å².